The van der Waals surface area contributed by atoms with Crippen molar-refractivity contribution in [1.29, 1.82) is 0 Å². The summed E-state index contributed by atoms with van der Waals surface area (Å²) in [5.41, 5.74) is 13.4. The first kappa shape index (κ1) is 30.5. The van der Waals surface area contributed by atoms with Crippen LogP contribution in [-0.4, -0.2) is 9.97 Å². The Morgan fingerprint density at radius 3 is 1.67 bits per heavy atom. The lowest BCUT2D eigenvalue weighted by atomic mass is 9.61. The molecular weight excluding hydrogens is 657 g/mol. The lowest BCUT2D eigenvalue weighted by Gasteiger charge is -2.42. The van der Waals surface area contributed by atoms with Crippen molar-refractivity contribution >= 4 is 10.8 Å². The van der Waals surface area contributed by atoms with Gasteiger partial charge in [0.25, 0.3) is 0 Å². The number of fused-ring (bicyclic) bond motifs is 13. The molecule has 0 bridgehead atoms. The highest BCUT2D eigenvalue weighted by Crippen LogP contribution is 2.62. The SMILES string of the molecule is c1ccc(-c2cc(-c3ccccc3)nc(-c3ccc4c(c3)C3(c5ccccc5Oc5c3ccc3ccccc53)c3ccccc3-c3ccccc3-4)n2)cc1. The number of benzene rings is 8. The Morgan fingerprint density at radius 1 is 0.370 bits per heavy atom. The number of hydrogen-bond acceptors (Lipinski definition) is 3. The molecule has 1 aromatic heterocycles. The third-order valence-electron chi connectivity index (χ3n) is 11.2. The third-order valence-corrected chi connectivity index (χ3v) is 11.2. The molecule has 0 saturated carbocycles. The molecule has 9 aromatic rings. The monoisotopic (exact) mass is 688 g/mol. The molecular formula is C51H32N2O. The van der Waals surface area contributed by atoms with Gasteiger partial charge in [0, 0.05) is 33.2 Å². The van der Waals surface area contributed by atoms with E-state index in [1.807, 2.05) is 12.1 Å². The molecule has 1 atom stereocenters. The van der Waals surface area contributed by atoms with Crippen LogP contribution in [0.1, 0.15) is 22.3 Å². The van der Waals surface area contributed by atoms with E-state index in [-0.39, 0.29) is 0 Å². The summed E-state index contributed by atoms with van der Waals surface area (Å²) >= 11 is 0. The van der Waals surface area contributed by atoms with Crippen LogP contribution in [0.15, 0.2) is 194 Å². The van der Waals surface area contributed by atoms with Gasteiger partial charge in [0.15, 0.2) is 5.82 Å². The van der Waals surface area contributed by atoms with E-state index in [4.69, 9.17) is 14.7 Å². The Morgan fingerprint density at radius 2 is 0.944 bits per heavy atom. The predicted octanol–water partition coefficient (Wildman–Crippen LogP) is 12.8. The zero-order valence-corrected chi connectivity index (χ0v) is 29.3. The summed E-state index contributed by atoms with van der Waals surface area (Å²) < 4.78 is 6.99. The van der Waals surface area contributed by atoms with Gasteiger partial charge in [-0.05, 0) is 57.0 Å². The van der Waals surface area contributed by atoms with Gasteiger partial charge in [-0.2, -0.15) is 0 Å². The lowest BCUT2D eigenvalue weighted by molar-refractivity contribution is 0.440. The number of hydrogen-bond donors (Lipinski definition) is 0. The Kier molecular flexibility index (Phi) is 6.77. The van der Waals surface area contributed by atoms with Crippen molar-refractivity contribution in [2.75, 3.05) is 0 Å². The zero-order chi connectivity index (χ0) is 35.6. The summed E-state index contributed by atoms with van der Waals surface area (Å²) in [6.45, 7) is 0. The molecule has 1 unspecified atom stereocenters. The van der Waals surface area contributed by atoms with Gasteiger partial charge in [0.2, 0.25) is 0 Å². The minimum atomic E-state index is -0.742. The molecule has 0 radical (unpaired) electrons. The summed E-state index contributed by atoms with van der Waals surface area (Å²) in [6, 6.07) is 69.1. The highest BCUT2D eigenvalue weighted by molar-refractivity contribution is 5.98. The highest BCUT2D eigenvalue weighted by Gasteiger charge is 2.49. The van der Waals surface area contributed by atoms with Gasteiger partial charge >= 0.3 is 0 Å². The maximum Gasteiger partial charge on any atom is 0.160 e. The summed E-state index contributed by atoms with van der Waals surface area (Å²) in [5.74, 6) is 2.42. The van der Waals surface area contributed by atoms with E-state index in [2.05, 4.69) is 182 Å². The molecule has 8 aromatic carbocycles. The smallest absolute Gasteiger partial charge is 0.160 e. The van der Waals surface area contributed by atoms with Gasteiger partial charge in [-0.3, -0.25) is 0 Å². The van der Waals surface area contributed by atoms with Crippen molar-refractivity contribution in [2.24, 2.45) is 0 Å². The van der Waals surface area contributed by atoms with E-state index in [0.717, 1.165) is 61.5 Å². The van der Waals surface area contributed by atoms with Crippen LogP contribution in [0.2, 0.25) is 0 Å². The molecule has 1 aliphatic heterocycles. The second-order valence-electron chi connectivity index (χ2n) is 14.1. The van der Waals surface area contributed by atoms with Crippen molar-refractivity contribution in [3.63, 3.8) is 0 Å². The van der Waals surface area contributed by atoms with Crippen LogP contribution in [0.25, 0.3) is 66.9 Å². The van der Waals surface area contributed by atoms with Crippen molar-refractivity contribution in [3.8, 4) is 67.7 Å². The lowest BCUT2D eigenvalue weighted by Crippen LogP contribution is -2.35. The molecule has 54 heavy (non-hydrogen) atoms. The normalized spacial score (nSPS) is 14.9. The first-order valence-electron chi connectivity index (χ1n) is 18.4. The molecule has 0 amide bonds. The van der Waals surface area contributed by atoms with Crippen molar-refractivity contribution in [1.82, 2.24) is 9.97 Å². The molecule has 0 fully saturated rings. The average Bonchev–Trinajstić information content (AvgIpc) is 3.35. The summed E-state index contributed by atoms with van der Waals surface area (Å²) in [5, 5.41) is 2.23. The second-order valence-corrected chi connectivity index (χ2v) is 14.1. The fraction of sp³-hybridized carbons (Fsp3) is 0.0196. The van der Waals surface area contributed by atoms with E-state index in [0.29, 0.717) is 5.82 Å². The fourth-order valence-electron chi connectivity index (χ4n) is 8.81. The van der Waals surface area contributed by atoms with Gasteiger partial charge in [-0.15, -0.1) is 0 Å². The number of rotatable bonds is 3. The minimum absolute atomic E-state index is 0.679. The summed E-state index contributed by atoms with van der Waals surface area (Å²) in [6.07, 6.45) is 0. The summed E-state index contributed by atoms with van der Waals surface area (Å²) in [4.78, 5) is 10.6. The van der Waals surface area contributed by atoms with E-state index in [1.165, 1.54) is 33.4 Å². The van der Waals surface area contributed by atoms with Gasteiger partial charge in [-0.25, -0.2) is 9.97 Å². The zero-order valence-electron chi connectivity index (χ0n) is 29.3. The third kappa shape index (κ3) is 4.49. The number of aromatic nitrogens is 2. The van der Waals surface area contributed by atoms with Crippen LogP contribution in [0.5, 0.6) is 11.5 Å². The molecule has 3 nitrogen and oxygen atoms in total. The van der Waals surface area contributed by atoms with Crippen molar-refractivity contribution in [2.45, 2.75) is 5.41 Å². The van der Waals surface area contributed by atoms with Crippen molar-refractivity contribution < 1.29 is 4.74 Å². The van der Waals surface area contributed by atoms with E-state index < -0.39 is 5.41 Å². The summed E-state index contributed by atoms with van der Waals surface area (Å²) in [7, 11) is 0. The number of nitrogens with zero attached hydrogens (tertiary/aromatic N) is 2. The minimum Gasteiger partial charge on any atom is -0.456 e. The average molecular weight is 689 g/mol. The quantitative estimate of drug-likeness (QED) is 0.185. The fourth-order valence-corrected chi connectivity index (χ4v) is 8.81. The highest BCUT2D eigenvalue weighted by atomic mass is 16.5. The molecule has 1 spiro atoms. The van der Waals surface area contributed by atoms with E-state index in [9.17, 15) is 0 Å². The van der Waals surface area contributed by atoms with Crippen LogP contribution < -0.4 is 4.74 Å². The number of para-hydroxylation sites is 1. The second kappa shape index (κ2) is 12.0. The molecule has 1 aliphatic carbocycles. The van der Waals surface area contributed by atoms with Gasteiger partial charge < -0.3 is 4.74 Å². The maximum atomic E-state index is 6.99. The van der Waals surface area contributed by atoms with Crippen LogP contribution in [0, 0.1) is 0 Å². The van der Waals surface area contributed by atoms with Crippen LogP contribution in [0.4, 0.5) is 0 Å². The molecule has 2 aliphatic rings. The molecule has 2 heterocycles. The van der Waals surface area contributed by atoms with E-state index in [1.54, 1.807) is 0 Å². The van der Waals surface area contributed by atoms with E-state index >= 15 is 0 Å². The topological polar surface area (TPSA) is 35.0 Å². The standard InChI is InChI=1S/C51H32N2O/c1-3-16-34(17-4-1)46-32-47(35-18-5-2-6-19-35)53-50(52-46)36-27-29-41-39-22-10-9-21-38(39)40-23-11-12-24-42(40)51(45(41)31-36)43-25-13-14-26-48(43)54-49-37-20-8-7-15-33(37)28-30-44(49)51/h1-32H. The largest absolute Gasteiger partial charge is 0.456 e. The van der Waals surface area contributed by atoms with Gasteiger partial charge in [0.05, 0.1) is 16.8 Å². The molecule has 0 N–H and O–H groups in total. The Bertz CT molecular complexity index is 2860. The van der Waals surface area contributed by atoms with Crippen molar-refractivity contribution in [3.05, 3.63) is 216 Å². The molecule has 0 saturated heterocycles. The van der Waals surface area contributed by atoms with Crippen LogP contribution in [0.3, 0.4) is 0 Å². The van der Waals surface area contributed by atoms with Crippen LogP contribution >= 0.6 is 0 Å². The Hall–Kier alpha value is -7.10. The molecule has 3 heteroatoms. The van der Waals surface area contributed by atoms with Crippen LogP contribution in [-0.2, 0) is 5.41 Å². The Balaban J connectivity index is 1.28. The van der Waals surface area contributed by atoms with Gasteiger partial charge in [0.1, 0.15) is 11.5 Å². The molecule has 252 valence electrons. The maximum absolute atomic E-state index is 6.99. The first-order valence-corrected chi connectivity index (χ1v) is 18.4. The number of ether oxygens (including phenoxy) is 1. The molecule has 11 rings (SSSR count). The first-order chi connectivity index (χ1) is 26.8. The Labute approximate surface area is 313 Å². The predicted molar refractivity (Wildman–Crippen MR) is 219 cm³/mol. The van der Waals surface area contributed by atoms with Gasteiger partial charge in [-0.1, -0.05) is 176 Å².